The van der Waals surface area contributed by atoms with Gasteiger partial charge in [0.05, 0.1) is 0 Å². The molecule has 0 aliphatic carbocycles. The predicted octanol–water partition coefficient (Wildman–Crippen LogP) is 0.294. The summed E-state index contributed by atoms with van der Waals surface area (Å²) >= 11 is 0. The van der Waals surface area contributed by atoms with Gasteiger partial charge in [0.1, 0.15) is 12.0 Å². The Kier molecular flexibility index (Phi) is 3.28. The second-order valence-electron chi connectivity index (χ2n) is 2.26. The fourth-order valence-corrected chi connectivity index (χ4v) is 0.759. The average Bonchev–Trinajstić information content (AvgIpc) is 2.59. The molecule has 0 aliphatic rings. The Morgan fingerprint density at radius 2 is 2.67 bits per heavy atom. The first-order valence-corrected chi connectivity index (χ1v) is 3.80. The average molecular weight is 168 g/mol. The first-order valence-electron chi connectivity index (χ1n) is 3.80. The standard InChI is InChI=1S/C7H12N4O/c1-2-4-9-7(10-8)6-3-5-12-11-6/h3,5H,2,4,8H2,1H3,(H,9,10). The summed E-state index contributed by atoms with van der Waals surface area (Å²) in [5.74, 6) is 5.80. The van der Waals surface area contributed by atoms with Crippen LogP contribution in [0.25, 0.3) is 0 Å². The molecular formula is C7H12N4O. The molecule has 0 saturated heterocycles. The summed E-state index contributed by atoms with van der Waals surface area (Å²) in [6.07, 6.45) is 2.46. The van der Waals surface area contributed by atoms with Crippen molar-refractivity contribution in [2.45, 2.75) is 13.3 Å². The monoisotopic (exact) mass is 168 g/mol. The fraction of sp³-hybridized carbons (Fsp3) is 0.429. The van der Waals surface area contributed by atoms with E-state index in [4.69, 9.17) is 5.84 Å². The summed E-state index contributed by atoms with van der Waals surface area (Å²) in [6, 6.07) is 1.70. The number of rotatable bonds is 3. The second-order valence-corrected chi connectivity index (χ2v) is 2.26. The molecule has 0 amide bonds. The fourth-order valence-electron chi connectivity index (χ4n) is 0.759. The van der Waals surface area contributed by atoms with Gasteiger partial charge in [0.25, 0.3) is 0 Å². The zero-order chi connectivity index (χ0) is 8.81. The van der Waals surface area contributed by atoms with E-state index < -0.39 is 0 Å². The SMILES string of the molecule is CCCN=C(NN)c1ccon1. The van der Waals surface area contributed by atoms with E-state index in [0.29, 0.717) is 11.5 Å². The van der Waals surface area contributed by atoms with Crippen LogP contribution in [-0.4, -0.2) is 17.5 Å². The van der Waals surface area contributed by atoms with Crippen molar-refractivity contribution in [3.63, 3.8) is 0 Å². The Morgan fingerprint density at radius 1 is 1.83 bits per heavy atom. The van der Waals surface area contributed by atoms with Gasteiger partial charge in [-0.05, 0) is 6.42 Å². The first-order chi connectivity index (χ1) is 5.88. The highest BCUT2D eigenvalue weighted by atomic mass is 16.5. The molecule has 0 radical (unpaired) electrons. The highest BCUT2D eigenvalue weighted by Crippen LogP contribution is 1.95. The van der Waals surface area contributed by atoms with Gasteiger partial charge in [-0.25, -0.2) is 5.84 Å². The Bertz CT molecular complexity index is 242. The molecule has 0 saturated carbocycles. The van der Waals surface area contributed by atoms with Gasteiger partial charge in [-0.1, -0.05) is 12.1 Å². The van der Waals surface area contributed by atoms with Crippen molar-refractivity contribution in [3.05, 3.63) is 18.0 Å². The maximum Gasteiger partial charge on any atom is 0.165 e. The van der Waals surface area contributed by atoms with Crippen molar-refractivity contribution >= 4 is 5.84 Å². The van der Waals surface area contributed by atoms with Gasteiger partial charge in [-0.2, -0.15) is 0 Å². The summed E-state index contributed by atoms with van der Waals surface area (Å²) in [5, 5.41) is 3.69. The maximum absolute atomic E-state index is 5.24. The van der Waals surface area contributed by atoms with E-state index in [1.165, 1.54) is 6.26 Å². The lowest BCUT2D eigenvalue weighted by Gasteiger charge is -1.99. The highest BCUT2D eigenvalue weighted by molar-refractivity contribution is 5.96. The molecule has 1 aromatic heterocycles. The van der Waals surface area contributed by atoms with E-state index in [1.54, 1.807) is 6.07 Å². The third kappa shape index (κ3) is 2.06. The molecule has 0 aliphatic heterocycles. The second kappa shape index (κ2) is 4.50. The van der Waals surface area contributed by atoms with Crippen LogP contribution >= 0.6 is 0 Å². The van der Waals surface area contributed by atoms with Gasteiger partial charge >= 0.3 is 0 Å². The van der Waals surface area contributed by atoms with Crippen LogP contribution in [0.5, 0.6) is 0 Å². The molecular weight excluding hydrogens is 156 g/mol. The van der Waals surface area contributed by atoms with E-state index in [1.807, 2.05) is 6.92 Å². The van der Waals surface area contributed by atoms with Crippen molar-refractivity contribution in [3.8, 4) is 0 Å². The van der Waals surface area contributed by atoms with Gasteiger partial charge < -0.3 is 9.95 Å². The van der Waals surface area contributed by atoms with Crippen molar-refractivity contribution in [1.82, 2.24) is 10.6 Å². The van der Waals surface area contributed by atoms with Gasteiger partial charge in [0.15, 0.2) is 5.84 Å². The normalized spacial score (nSPS) is 11.7. The summed E-state index contributed by atoms with van der Waals surface area (Å²) < 4.78 is 4.65. The molecule has 0 fully saturated rings. The molecule has 5 nitrogen and oxygen atoms in total. The molecule has 12 heavy (non-hydrogen) atoms. The molecule has 1 aromatic rings. The third-order valence-electron chi connectivity index (χ3n) is 1.31. The Labute approximate surface area is 70.6 Å². The highest BCUT2D eigenvalue weighted by Gasteiger charge is 2.02. The lowest BCUT2D eigenvalue weighted by atomic mass is 10.4. The smallest absolute Gasteiger partial charge is 0.165 e. The van der Waals surface area contributed by atoms with E-state index in [-0.39, 0.29) is 0 Å². The number of nitrogens with one attached hydrogen (secondary N) is 1. The Hall–Kier alpha value is -1.36. The van der Waals surface area contributed by atoms with Crippen LogP contribution < -0.4 is 11.3 Å². The number of hydrazine groups is 1. The van der Waals surface area contributed by atoms with Crippen molar-refractivity contribution in [1.29, 1.82) is 0 Å². The number of aliphatic imine (C=N–C) groups is 1. The first kappa shape index (κ1) is 8.73. The lowest BCUT2D eigenvalue weighted by molar-refractivity contribution is 0.418. The molecule has 1 heterocycles. The summed E-state index contributed by atoms with van der Waals surface area (Å²) in [5.41, 5.74) is 3.10. The zero-order valence-electron chi connectivity index (χ0n) is 6.95. The number of aromatic nitrogens is 1. The number of amidine groups is 1. The molecule has 0 aromatic carbocycles. The van der Waals surface area contributed by atoms with E-state index >= 15 is 0 Å². The molecule has 1 rings (SSSR count). The van der Waals surface area contributed by atoms with Crippen LogP contribution in [0.1, 0.15) is 19.0 Å². The largest absolute Gasteiger partial charge is 0.364 e. The Morgan fingerprint density at radius 3 is 3.17 bits per heavy atom. The van der Waals surface area contributed by atoms with E-state index in [2.05, 4.69) is 20.1 Å². The molecule has 0 bridgehead atoms. The molecule has 66 valence electrons. The van der Waals surface area contributed by atoms with Crippen molar-refractivity contribution < 1.29 is 4.52 Å². The maximum atomic E-state index is 5.24. The summed E-state index contributed by atoms with van der Waals surface area (Å²) in [7, 11) is 0. The van der Waals surface area contributed by atoms with Crippen LogP contribution in [0.4, 0.5) is 0 Å². The van der Waals surface area contributed by atoms with E-state index in [0.717, 1.165) is 13.0 Å². The van der Waals surface area contributed by atoms with Gasteiger partial charge in [0, 0.05) is 12.6 Å². The minimum absolute atomic E-state index is 0.561. The number of nitrogens with zero attached hydrogens (tertiary/aromatic N) is 2. The number of hydrogen-bond acceptors (Lipinski definition) is 4. The topological polar surface area (TPSA) is 76.4 Å². The van der Waals surface area contributed by atoms with Crippen molar-refractivity contribution in [2.24, 2.45) is 10.8 Å². The zero-order valence-corrected chi connectivity index (χ0v) is 6.95. The van der Waals surface area contributed by atoms with Gasteiger partial charge in [0.2, 0.25) is 0 Å². The van der Waals surface area contributed by atoms with Gasteiger partial charge in [-0.15, -0.1) is 0 Å². The minimum atomic E-state index is 0.561. The summed E-state index contributed by atoms with van der Waals surface area (Å²) in [4.78, 5) is 4.16. The predicted molar refractivity (Wildman–Crippen MR) is 45.5 cm³/mol. The molecule has 0 unspecified atom stereocenters. The lowest BCUT2D eigenvalue weighted by Crippen LogP contribution is -2.31. The van der Waals surface area contributed by atoms with Crippen LogP contribution in [0.15, 0.2) is 21.8 Å². The van der Waals surface area contributed by atoms with Crippen LogP contribution in [0.3, 0.4) is 0 Å². The third-order valence-corrected chi connectivity index (χ3v) is 1.31. The molecule has 0 spiro atoms. The van der Waals surface area contributed by atoms with Crippen LogP contribution in [-0.2, 0) is 0 Å². The quantitative estimate of drug-likeness (QED) is 0.294. The number of nitrogens with two attached hydrogens (primary N) is 1. The van der Waals surface area contributed by atoms with Crippen molar-refractivity contribution in [2.75, 3.05) is 6.54 Å². The molecule has 3 N–H and O–H groups in total. The minimum Gasteiger partial charge on any atom is -0.364 e. The van der Waals surface area contributed by atoms with Gasteiger partial charge in [-0.3, -0.25) is 4.99 Å². The van der Waals surface area contributed by atoms with E-state index in [9.17, 15) is 0 Å². The number of hydrogen-bond donors (Lipinski definition) is 2. The van der Waals surface area contributed by atoms with Crippen LogP contribution in [0, 0.1) is 0 Å². The summed E-state index contributed by atoms with van der Waals surface area (Å²) in [6.45, 7) is 2.77. The molecule has 0 atom stereocenters. The van der Waals surface area contributed by atoms with Crippen LogP contribution in [0.2, 0.25) is 0 Å². The molecule has 5 heteroatoms. The Balaban J connectivity index is 2.69.